The van der Waals surface area contributed by atoms with Crippen LogP contribution in [-0.2, 0) is 16.1 Å². The van der Waals surface area contributed by atoms with E-state index in [-0.39, 0.29) is 6.03 Å². The van der Waals surface area contributed by atoms with E-state index in [1.807, 2.05) is 54.6 Å². The van der Waals surface area contributed by atoms with Crippen LogP contribution in [0.5, 0.6) is 5.75 Å². The molecule has 0 bridgehead atoms. The number of carbonyl (C=O) groups is 2. The first-order valence-corrected chi connectivity index (χ1v) is 11.3. The van der Waals surface area contributed by atoms with Gasteiger partial charge in [-0.25, -0.2) is 9.59 Å². The van der Waals surface area contributed by atoms with Gasteiger partial charge >= 0.3 is 12.0 Å². The van der Waals surface area contributed by atoms with E-state index in [1.54, 1.807) is 6.92 Å². The van der Waals surface area contributed by atoms with Crippen LogP contribution in [0.25, 0.3) is 0 Å². The molecular formula is C26H30N2O4. The first kappa shape index (κ1) is 21.9. The zero-order valence-electron chi connectivity index (χ0n) is 18.4. The number of urea groups is 1. The number of hydrogen-bond acceptors (Lipinski definition) is 4. The minimum absolute atomic E-state index is 0.353. The highest BCUT2D eigenvalue weighted by Gasteiger charge is 2.34. The van der Waals surface area contributed by atoms with Gasteiger partial charge in [-0.05, 0) is 37.3 Å². The third-order valence-corrected chi connectivity index (χ3v) is 6.13. The summed E-state index contributed by atoms with van der Waals surface area (Å²) >= 11 is 0. The van der Waals surface area contributed by atoms with Crippen molar-refractivity contribution in [3.8, 4) is 5.75 Å². The quantitative estimate of drug-likeness (QED) is 0.600. The van der Waals surface area contributed by atoms with E-state index in [4.69, 9.17) is 9.47 Å². The molecule has 2 aromatic rings. The van der Waals surface area contributed by atoms with E-state index in [2.05, 4.69) is 10.6 Å². The molecule has 1 aliphatic heterocycles. The van der Waals surface area contributed by atoms with Crippen LogP contribution in [0.1, 0.15) is 56.2 Å². The van der Waals surface area contributed by atoms with Gasteiger partial charge in [0.15, 0.2) is 0 Å². The van der Waals surface area contributed by atoms with Gasteiger partial charge in [-0.2, -0.15) is 0 Å². The Morgan fingerprint density at radius 1 is 1.00 bits per heavy atom. The van der Waals surface area contributed by atoms with Crippen LogP contribution in [0.4, 0.5) is 4.79 Å². The number of para-hydroxylation sites is 1. The number of esters is 1. The normalized spacial score (nSPS) is 19.2. The number of allylic oxidation sites excluding steroid dienone is 1. The molecule has 0 aromatic heterocycles. The number of carbonyl (C=O) groups excluding carboxylic acids is 2. The van der Waals surface area contributed by atoms with Crippen LogP contribution in [0, 0.1) is 5.92 Å². The van der Waals surface area contributed by atoms with E-state index in [0.29, 0.717) is 36.2 Å². The number of benzene rings is 2. The standard InChI is InChI=1S/C26H30N2O4/c1-18-23(25(29)32-17-20-12-6-3-7-13-20)24(28-26(30)27-18)21-14-8-9-15-22(21)31-16-19-10-4-2-5-11-19/h2,4-5,8-11,14-15,20,24H,3,6-7,12-13,16-17H2,1H3,(H2,27,28,30). The second-order valence-electron chi connectivity index (χ2n) is 8.48. The summed E-state index contributed by atoms with van der Waals surface area (Å²) in [5, 5.41) is 5.60. The van der Waals surface area contributed by atoms with Crippen LogP contribution in [0.2, 0.25) is 0 Å². The lowest BCUT2D eigenvalue weighted by molar-refractivity contribution is -0.141. The summed E-state index contributed by atoms with van der Waals surface area (Å²) in [6.07, 6.45) is 5.83. The van der Waals surface area contributed by atoms with Crippen molar-refractivity contribution < 1.29 is 19.1 Å². The fourth-order valence-electron chi connectivity index (χ4n) is 4.41. The number of ether oxygens (including phenoxy) is 2. The molecule has 1 atom stereocenters. The van der Waals surface area contributed by atoms with Crippen LogP contribution in [0.3, 0.4) is 0 Å². The Kier molecular flexibility index (Phi) is 7.10. The molecule has 2 aromatic carbocycles. The molecule has 1 unspecified atom stereocenters. The van der Waals surface area contributed by atoms with Crippen molar-refractivity contribution >= 4 is 12.0 Å². The SMILES string of the molecule is CC1=C(C(=O)OCC2CCCCC2)C(c2ccccc2OCc2ccccc2)NC(=O)N1. The van der Waals surface area contributed by atoms with E-state index >= 15 is 0 Å². The summed E-state index contributed by atoms with van der Waals surface area (Å²) in [4.78, 5) is 25.4. The highest BCUT2D eigenvalue weighted by atomic mass is 16.5. The second kappa shape index (κ2) is 10.4. The van der Waals surface area contributed by atoms with E-state index in [9.17, 15) is 9.59 Å². The van der Waals surface area contributed by atoms with Gasteiger partial charge in [-0.1, -0.05) is 67.8 Å². The summed E-state index contributed by atoms with van der Waals surface area (Å²) in [5.74, 6) is 0.636. The molecular weight excluding hydrogens is 404 g/mol. The fraction of sp³-hybridized carbons (Fsp3) is 0.385. The van der Waals surface area contributed by atoms with Crippen molar-refractivity contribution in [2.45, 2.75) is 51.7 Å². The minimum atomic E-state index is -0.644. The second-order valence-corrected chi connectivity index (χ2v) is 8.48. The molecule has 0 saturated heterocycles. The monoisotopic (exact) mass is 434 g/mol. The van der Waals surface area contributed by atoms with Gasteiger partial charge in [0, 0.05) is 11.3 Å². The Labute approximate surface area is 189 Å². The summed E-state index contributed by atoms with van der Waals surface area (Å²) in [5.41, 5.74) is 2.68. The third kappa shape index (κ3) is 5.31. The van der Waals surface area contributed by atoms with Crippen molar-refractivity contribution in [2.24, 2.45) is 5.92 Å². The molecule has 1 aliphatic carbocycles. The zero-order chi connectivity index (χ0) is 22.3. The molecule has 0 radical (unpaired) electrons. The van der Waals surface area contributed by atoms with Crippen molar-refractivity contribution in [2.75, 3.05) is 6.61 Å². The van der Waals surface area contributed by atoms with E-state index in [0.717, 1.165) is 24.0 Å². The average Bonchev–Trinajstić information content (AvgIpc) is 2.82. The highest BCUT2D eigenvalue weighted by Crippen LogP contribution is 2.34. The average molecular weight is 435 g/mol. The van der Waals surface area contributed by atoms with Gasteiger partial charge in [-0.3, -0.25) is 0 Å². The first-order chi connectivity index (χ1) is 15.6. The summed E-state index contributed by atoms with van der Waals surface area (Å²) < 4.78 is 11.8. The maximum Gasteiger partial charge on any atom is 0.338 e. The van der Waals surface area contributed by atoms with Gasteiger partial charge in [0.25, 0.3) is 0 Å². The van der Waals surface area contributed by atoms with E-state index < -0.39 is 12.0 Å². The molecule has 2 amide bonds. The lowest BCUT2D eigenvalue weighted by Crippen LogP contribution is -2.45. The van der Waals surface area contributed by atoms with Crippen molar-refractivity contribution in [3.05, 3.63) is 77.0 Å². The number of hydrogen-bond donors (Lipinski definition) is 2. The smallest absolute Gasteiger partial charge is 0.338 e. The van der Waals surface area contributed by atoms with Gasteiger partial charge < -0.3 is 20.1 Å². The lowest BCUT2D eigenvalue weighted by atomic mass is 9.90. The summed E-state index contributed by atoms with van der Waals surface area (Å²) in [6.45, 7) is 2.54. The molecule has 2 N–H and O–H groups in total. The Hall–Kier alpha value is -3.28. The molecule has 2 aliphatic rings. The largest absolute Gasteiger partial charge is 0.489 e. The maximum atomic E-state index is 13.1. The Morgan fingerprint density at radius 2 is 1.72 bits per heavy atom. The molecule has 1 heterocycles. The Morgan fingerprint density at radius 3 is 2.50 bits per heavy atom. The molecule has 32 heavy (non-hydrogen) atoms. The van der Waals surface area contributed by atoms with Crippen molar-refractivity contribution in [1.29, 1.82) is 0 Å². The fourth-order valence-corrected chi connectivity index (χ4v) is 4.41. The Balaban J connectivity index is 1.54. The topological polar surface area (TPSA) is 76.7 Å². The predicted molar refractivity (Wildman–Crippen MR) is 122 cm³/mol. The molecule has 6 heteroatoms. The van der Waals surface area contributed by atoms with Crippen LogP contribution < -0.4 is 15.4 Å². The van der Waals surface area contributed by atoms with Gasteiger partial charge in [0.2, 0.25) is 0 Å². The maximum absolute atomic E-state index is 13.1. The van der Waals surface area contributed by atoms with Gasteiger partial charge in [-0.15, -0.1) is 0 Å². The van der Waals surface area contributed by atoms with Crippen LogP contribution in [0.15, 0.2) is 65.9 Å². The minimum Gasteiger partial charge on any atom is -0.489 e. The third-order valence-electron chi connectivity index (χ3n) is 6.13. The first-order valence-electron chi connectivity index (χ1n) is 11.3. The number of rotatable bonds is 7. The van der Waals surface area contributed by atoms with Crippen molar-refractivity contribution in [3.63, 3.8) is 0 Å². The zero-order valence-corrected chi connectivity index (χ0v) is 18.4. The van der Waals surface area contributed by atoms with E-state index in [1.165, 1.54) is 19.3 Å². The molecule has 4 rings (SSSR count). The van der Waals surface area contributed by atoms with Crippen LogP contribution >= 0.6 is 0 Å². The molecule has 1 fully saturated rings. The molecule has 0 spiro atoms. The highest BCUT2D eigenvalue weighted by molar-refractivity contribution is 5.95. The Bertz CT molecular complexity index is 980. The summed E-state index contributed by atoms with van der Waals surface area (Å²) in [7, 11) is 0. The van der Waals surface area contributed by atoms with Crippen molar-refractivity contribution in [1.82, 2.24) is 10.6 Å². The van der Waals surface area contributed by atoms with Gasteiger partial charge in [0.05, 0.1) is 18.2 Å². The molecule has 6 nitrogen and oxygen atoms in total. The lowest BCUT2D eigenvalue weighted by Gasteiger charge is -2.30. The predicted octanol–water partition coefficient (Wildman–Crippen LogP) is 5.02. The number of nitrogens with one attached hydrogen (secondary N) is 2. The summed E-state index contributed by atoms with van der Waals surface area (Å²) in [6, 6.07) is 16.4. The molecule has 1 saturated carbocycles. The van der Waals surface area contributed by atoms with Crippen LogP contribution in [-0.4, -0.2) is 18.6 Å². The van der Waals surface area contributed by atoms with Gasteiger partial charge in [0.1, 0.15) is 12.4 Å². The number of amides is 2. The molecule has 168 valence electrons.